The van der Waals surface area contributed by atoms with Crippen LogP contribution >= 0.6 is 0 Å². The summed E-state index contributed by atoms with van der Waals surface area (Å²) in [7, 11) is 0. The van der Waals surface area contributed by atoms with Crippen molar-refractivity contribution in [3.8, 4) is 22.3 Å². The molecule has 1 N–H and O–H groups in total. The molecule has 2 aromatic heterocycles. The standard InChI is InChI=1S/C25H23FN2O/c1-14-11-16(5-9-20(14)26)24-19(8-7-18-15(2)23(18)24)17-6-10-22-27-12-21(25(3,4)29)28(22)13-17/h5-13,15,29H,1-4H3. The van der Waals surface area contributed by atoms with Gasteiger partial charge >= 0.3 is 0 Å². The molecule has 1 atom stereocenters. The van der Waals surface area contributed by atoms with Gasteiger partial charge in [-0.15, -0.1) is 0 Å². The van der Waals surface area contributed by atoms with Crippen molar-refractivity contribution in [2.45, 2.75) is 39.2 Å². The van der Waals surface area contributed by atoms with Gasteiger partial charge in [0.15, 0.2) is 0 Å². The number of pyridine rings is 1. The fourth-order valence-corrected chi connectivity index (χ4v) is 4.30. The number of halogens is 1. The molecule has 0 radical (unpaired) electrons. The average molecular weight is 386 g/mol. The van der Waals surface area contributed by atoms with Crippen LogP contribution in [0.5, 0.6) is 0 Å². The summed E-state index contributed by atoms with van der Waals surface area (Å²) in [6.07, 6.45) is 3.75. The van der Waals surface area contributed by atoms with Gasteiger partial charge < -0.3 is 9.51 Å². The number of aromatic nitrogens is 2. The summed E-state index contributed by atoms with van der Waals surface area (Å²) in [6, 6.07) is 13.7. The molecule has 0 saturated carbocycles. The molecule has 0 amide bonds. The molecule has 146 valence electrons. The Balaban J connectivity index is 1.75. The van der Waals surface area contributed by atoms with E-state index in [-0.39, 0.29) is 5.82 Å². The van der Waals surface area contributed by atoms with Crippen LogP contribution in [0.25, 0.3) is 27.9 Å². The lowest BCUT2D eigenvalue weighted by Crippen LogP contribution is -2.18. The zero-order valence-corrected chi connectivity index (χ0v) is 17.0. The Hall–Kier alpha value is -2.98. The Morgan fingerprint density at radius 3 is 2.55 bits per heavy atom. The van der Waals surface area contributed by atoms with Crippen molar-refractivity contribution < 1.29 is 9.50 Å². The molecule has 3 nitrogen and oxygen atoms in total. The molecule has 1 unspecified atom stereocenters. The van der Waals surface area contributed by atoms with Gasteiger partial charge in [0.1, 0.15) is 17.1 Å². The van der Waals surface area contributed by atoms with Crippen LogP contribution in [0.2, 0.25) is 0 Å². The fourth-order valence-electron chi connectivity index (χ4n) is 4.30. The monoisotopic (exact) mass is 386 g/mol. The van der Waals surface area contributed by atoms with Crippen molar-refractivity contribution in [2.24, 2.45) is 0 Å². The molecule has 4 aromatic rings. The molecule has 0 saturated heterocycles. The quantitative estimate of drug-likeness (QED) is 0.483. The molecule has 1 aliphatic carbocycles. The van der Waals surface area contributed by atoms with Crippen LogP contribution in [0.4, 0.5) is 4.39 Å². The topological polar surface area (TPSA) is 37.5 Å². The van der Waals surface area contributed by atoms with Crippen molar-refractivity contribution in [1.29, 1.82) is 0 Å². The highest BCUT2D eigenvalue weighted by molar-refractivity contribution is 5.91. The number of imidazole rings is 1. The van der Waals surface area contributed by atoms with Crippen molar-refractivity contribution in [2.75, 3.05) is 0 Å². The summed E-state index contributed by atoms with van der Waals surface area (Å²) < 4.78 is 15.8. The van der Waals surface area contributed by atoms with Crippen molar-refractivity contribution in [3.63, 3.8) is 0 Å². The molecule has 2 aromatic carbocycles. The predicted molar refractivity (Wildman–Crippen MR) is 114 cm³/mol. The normalized spacial score (nSPS) is 15.6. The first kappa shape index (κ1) is 18.1. The molecule has 2 heterocycles. The maximum absolute atomic E-state index is 13.9. The number of hydrogen-bond donors (Lipinski definition) is 1. The molecular weight excluding hydrogens is 363 g/mol. The average Bonchev–Trinajstić information content (AvgIpc) is 3.12. The molecule has 1 aliphatic rings. The van der Waals surface area contributed by atoms with Crippen LogP contribution in [0.3, 0.4) is 0 Å². The van der Waals surface area contributed by atoms with Gasteiger partial charge in [-0.2, -0.15) is 0 Å². The second-order valence-electron chi connectivity index (χ2n) is 8.53. The second-order valence-corrected chi connectivity index (χ2v) is 8.53. The number of rotatable bonds is 3. The highest BCUT2D eigenvalue weighted by Crippen LogP contribution is 2.52. The van der Waals surface area contributed by atoms with Crippen LogP contribution in [0, 0.1) is 12.7 Å². The third kappa shape index (κ3) is 2.78. The van der Waals surface area contributed by atoms with Gasteiger partial charge in [0, 0.05) is 12.1 Å². The highest BCUT2D eigenvalue weighted by atomic mass is 19.1. The van der Waals surface area contributed by atoms with E-state index in [1.54, 1.807) is 33.0 Å². The molecule has 0 bridgehead atoms. The smallest absolute Gasteiger partial charge is 0.137 e. The maximum Gasteiger partial charge on any atom is 0.137 e. The Kier molecular flexibility index (Phi) is 3.74. The minimum absolute atomic E-state index is 0.185. The number of aliphatic hydroxyl groups is 1. The maximum atomic E-state index is 13.9. The molecular formula is C25H23FN2O. The second kappa shape index (κ2) is 6.01. The third-order valence-corrected chi connectivity index (χ3v) is 5.99. The summed E-state index contributed by atoms with van der Waals surface area (Å²) in [5.41, 5.74) is 8.24. The van der Waals surface area contributed by atoms with E-state index >= 15 is 0 Å². The highest BCUT2D eigenvalue weighted by Gasteiger charge is 2.33. The largest absolute Gasteiger partial charge is 0.384 e. The zero-order valence-electron chi connectivity index (χ0n) is 17.0. The van der Waals surface area contributed by atoms with Gasteiger partial charge in [0.2, 0.25) is 0 Å². The van der Waals surface area contributed by atoms with Gasteiger partial charge in [-0.25, -0.2) is 9.37 Å². The van der Waals surface area contributed by atoms with E-state index < -0.39 is 5.60 Å². The van der Waals surface area contributed by atoms with Gasteiger partial charge in [0.05, 0.1) is 11.9 Å². The van der Waals surface area contributed by atoms with Gasteiger partial charge in [0.25, 0.3) is 0 Å². The first-order valence-electron chi connectivity index (χ1n) is 9.89. The van der Waals surface area contributed by atoms with Gasteiger partial charge in [-0.1, -0.05) is 25.1 Å². The van der Waals surface area contributed by atoms with E-state index in [0.29, 0.717) is 11.5 Å². The third-order valence-electron chi connectivity index (χ3n) is 5.99. The van der Waals surface area contributed by atoms with E-state index in [9.17, 15) is 9.50 Å². The van der Waals surface area contributed by atoms with Crippen molar-refractivity contribution >= 4 is 5.65 Å². The minimum Gasteiger partial charge on any atom is -0.384 e. The van der Waals surface area contributed by atoms with Crippen LogP contribution in [0.1, 0.15) is 49.1 Å². The SMILES string of the molecule is Cc1cc(-c2c(-c3ccc4ncc(C(C)(C)O)n4c3)ccc3c2C3C)ccc1F. The molecule has 29 heavy (non-hydrogen) atoms. The number of aryl methyl sites for hydroxylation is 1. The van der Waals surface area contributed by atoms with E-state index in [0.717, 1.165) is 28.0 Å². The molecule has 4 heteroatoms. The summed E-state index contributed by atoms with van der Waals surface area (Å²) in [5.74, 6) is 0.239. The van der Waals surface area contributed by atoms with E-state index in [1.165, 1.54) is 16.7 Å². The number of fused-ring (bicyclic) bond motifs is 2. The number of hydrogen-bond acceptors (Lipinski definition) is 2. The minimum atomic E-state index is -0.994. The Bertz CT molecular complexity index is 1280. The molecule has 0 fully saturated rings. The molecule has 0 aliphatic heterocycles. The van der Waals surface area contributed by atoms with Crippen LogP contribution < -0.4 is 0 Å². The van der Waals surface area contributed by atoms with E-state index in [1.807, 2.05) is 28.8 Å². The Morgan fingerprint density at radius 1 is 1.07 bits per heavy atom. The predicted octanol–water partition coefficient (Wildman–Crippen LogP) is 5.81. The van der Waals surface area contributed by atoms with Crippen LogP contribution in [-0.4, -0.2) is 14.5 Å². The lowest BCUT2D eigenvalue weighted by atomic mass is 9.93. The first-order chi connectivity index (χ1) is 13.8. The number of nitrogens with zero attached hydrogens (tertiary/aromatic N) is 2. The summed E-state index contributed by atoms with van der Waals surface area (Å²) >= 11 is 0. The summed E-state index contributed by atoms with van der Waals surface area (Å²) in [5, 5.41) is 10.5. The molecule has 5 rings (SSSR count). The Labute approximate surface area is 169 Å². The van der Waals surface area contributed by atoms with Crippen LogP contribution in [-0.2, 0) is 5.60 Å². The van der Waals surface area contributed by atoms with Crippen molar-refractivity contribution in [1.82, 2.24) is 9.38 Å². The molecule has 0 spiro atoms. The number of benzene rings is 2. The zero-order chi connectivity index (χ0) is 20.5. The summed E-state index contributed by atoms with van der Waals surface area (Å²) in [4.78, 5) is 4.42. The van der Waals surface area contributed by atoms with E-state index in [4.69, 9.17) is 0 Å². The van der Waals surface area contributed by atoms with Gasteiger partial charge in [-0.3, -0.25) is 0 Å². The fraction of sp³-hybridized carbons (Fsp3) is 0.240. The lowest BCUT2D eigenvalue weighted by Gasteiger charge is -2.17. The van der Waals surface area contributed by atoms with Gasteiger partial charge in [-0.05, 0) is 84.0 Å². The summed E-state index contributed by atoms with van der Waals surface area (Å²) in [6.45, 7) is 7.54. The first-order valence-corrected chi connectivity index (χ1v) is 9.89. The van der Waals surface area contributed by atoms with Crippen LogP contribution in [0.15, 0.2) is 54.9 Å². The van der Waals surface area contributed by atoms with E-state index in [2.05, 4.69) is 30.1 Å². The Morgan fingerprint density at radius 2 is 1.83 bits per heavy atom. The van der Waals surface area contributed by atoms with Crippen molar-refractivity contribution in [3.05, 3.63) is 83.1 Å². The lowest BCUT2D eigenvalue weighted by molar-refractivity contribution is 0.0730.